The van der Waals surface area contributed by atoms with Gasteiger partial charge in [-0.1, -0.05) is 62.4 Å². The standard InChI is InChI=1S/C46H59NO13/c1-25-30(57-40(52)34(49)33(27-17-13-11-14-18-27)47-41(53)60-42(3,4)5)24-46(54)38(58-39(51)28-19-15-12-16-20-28)36-44(8,37(50)35(56-10)32(25)43(46,6)7)31(55-9)23-29-21-22-45(29,36)59-26(2)48/h11-20,29-31,33-36,38,49,54H,21-24H2,1-10H3,(H,47,53)/t29-,30+,31+,33+,34-,35-,36+,38+,44-,45+,46-/m1/s1. The van der Waals surface area contributed by atoms with Crippen LogP contribution in [0.4, 0.5) is 4.79 Å². The molecule has 3 saturated carbocycles. The van der Waals surface area contributed by atoms with Crippen LogP contribution in [0.2, 0.25) is 0 Å². The second-order valence-corrected chi connectivity index (χ2v) is 18.4. The highest BCUT2D eigenvalue weighted by molar-refractivity contribution is 5.94. The number of alkyl carbamates (subject to hydrolysis) is 1. The summed E-state index contributed by atoms with van der Waals surface area (Å²) in [5, 5.41) is 28.0. The van der Waals surface area contributed by atoms with Gasteiger partial charge in [0.15, 0.2) is 11.9 Å². The smallest absolute Gasteiger partial charge is 0.408 e. The van der Waals surface area contributed by atoms with Gasteiger partial charge in [-0.15, -0.1) is 0 Å². The number of nitrogens with one attached hydrogen (secondary N) is 1. The number of hydrogen-bond acceptors (Lipinski definition) is 13. The Balaban J connectivity index is 1.52. The van der Waals surface area contributed by atoms with Crippen LogP contribution in [0.15, 0.2) is 71.8 Å². The zero-order valence-electron chi connectivity index (χ0n) is 36.1. The molecule has 0 aromatic heterocycles. The first-order valence-corrected chi connectivity index (χ1v) is 20.5. The van der Waals surface area contributed by atoms with Crippen molar-refractivity contribution in [3.05, 3.63) is 82.9 Å². The van der Waals surface area contributed by atoms with E-state index in [4.69, 9.17) is 28.4 Å². The summed E-state index contributed by atoms with van der Waals surface area (Å²) in [6.07, 6.45) is -7.00. The van der Waals surface area contributed by atoms with Crippen LogP contribution >= 0.6 is 0 Å². The molecule has 2 aromatic carbocycles. The fourth-order valence-electron chi connectivity index (χ4n) is 10.6. The quantitative estimate of drug-likeness (QED) is 0.153. The maximum absolute atomic E-state index is 15.6. The first kappa shape index (κ1) is 44.9. The summed E-state index contributed by atoms with van der Waals surface area (Å²) in [5.41, 5.74) is -6.22. The van der Waals surface area contributed by atoms with Crippen molar-refractivity contribution in [1.29, 1.82) is 0 Å². The lowest BCUT2D eigenvalue weighted by Crippen LogP contribution is -2.78. The number of ketones is 1. The van der Waals surface area contributed by atoms with Crippen molar-refractivity contribution in [2.75, 3.05) is 14.2 Å². The molecule has 0 radical (unpaired) electrons. The predicted molar refractivity (Wildman–Crippen MR) is 216 cm³/mol. The van der Waals surface area contributed by atoms with E-state index < -0.39 is 99.9 Å². The number of aliphatic hydroxyl groups is 2. The zero-order valence-corrected chi connectivity index (χ0v) is 36.1. The van der Waals surface area contributed by atoms with E-state index in [-0.39, 0.29) is 23.5 Å². The topological polar surface area (TPSA) is 193 Å². The third kappa shape index (κ3) is 7.54. The Kier molecular flexibility index (Phi) is 12.2. The van der Waals surface area contributed by atoms with Gasteiger partial charge in [0.25, 0.3) is 0 Å². The molecule has 0 saturated heterocycles. The van der Waals surface area contributed by atoms with Crippen LogP contribution in [-0.4, -0.2) is 102 Å². The number of aliphatic hydroxyl groups excluding tert-OH is 1. The van der Waals surface area contributed by atoms with Gasteiger partial charge in [0, 0.05) is 38.9 Å². The average Bonchev–Trinajstić information content (AvgIpc) is 3.18. The van der Waals surface area contributed by atoms with Crippen molar-refractivity contribution in [3.8, 4) is 0 Å². The number of carbonyl (C=O) groups excluding carboxylic acids is 5. The van der Waals surface area contributed by atoms with Crippen molar-refractivity contribution >= 4 is 29.8 Å². The Morgan fingerprint density at radius 3 is 2.07 bits per heavy atom. The van der Waals surface area contributed by atoms with Crippen molar-refractivity contribution in [2.45, 2.75) is 134 Å². The average molecular weight is 834 g/mol. The molecule has 1 amide bonds. The van der Waals surface area contributed by atoms with Crippen LogP contribution in [-0.2, 0) is 42.8 Å². The summed E-state index contributed by atoms with van der Waals surface area (Å²) >= 11 is 0. The van der Waals surface area contributed by atoms with Gasteiger partial charge in [-0.3, -0.25) is 9.59 Å². The highest BCUT2D eigenvalue weighted by Crippen LogP contribution is 2.67. The summed E-state index contributed by atoms with van der Waals surface area (Å²) in [7, 11) is 2.87. The van der Waals surface area contributed by atoms with Crippen LogP contribution in [0, 0.1) is 22.7 Å². The molecule has 3 N–H and O–H groups in total. The molecule has 2 aromatic rings. The lowest BCUT2D eigenvalue weighted by atomic mass is 9.41. The van der Waals surface area contributed by atoms with Gasteiger partial charge in [-0.2, -0.15) is 0 Å². The molecule has 14 heteroatoms. The highest BCUT2D eigenvalue weighted by atomic mass is 16.6. The van der Waals surface area contributed by atoms with E-state index in [1.165, 1.54) is 21.1 Å². The molecule has 11 atom stereocenters. The summed E-state index contributed by atoms with van der Waals surface area (Å²) in [5.74, 6) is -4.52. The van der Waals surface area contributed by atoms with Crippen LogP contribution in [0.25, 0.3) is 0 Å². The second-order valence-electron chi connectivity index (χ2n) is 18.4. The first-order valence-electron chi connectivity index (χ1n) is 20.5. The first-order chi connectivity index (χ1) is 28.1. The van der Waals surface area contributed by atoms with E-state index in [1.807, 2.05) is 0 Å². The monoisotopic (exact) mass is 833 g/mol. The number of fused-ring (bicyclic) bond motifs is 5. The molecular formula is C46H59NO13. The van der Waals surface area contributed by atoms with Gasteiger partial charge in [0.05, 0.1) is 29.0 Å². The van der Waals surface area contributed by atoms with E-state index in [0.717, 1.165) is 0 Å². The molecule has 4 aliphatic carbocycles. The van der Waals surface area contributed by atoms with Gasteiger partial charge >= 0.3 is 24.0 Å². The number of rotatable bonds is 10. The van der Waals surface area contributed by atoms with Crippen LogP contribution in [0.1, 0.15) is 103 Å². The van der Waals surface area contributed by atoms with E-state index in [0.29, 0.717) is 30.4 Å². The number of carbonyl (C=O) groups is 5. The number of hydrogen-bond donors (Lipinski definition) is 3. The molecule has 14 nitrogen and oxygen atoms in total. The van der Waals surface area contributed by atoms with E-state index >= 15 is 4.79 Å². The summed E-state index contributed by atoms with van der Waals surface area (Å²) < 4.78 is 36.7. The molecule has 0 aliphatic heterocycles. The van der Waals surface area contributed by atoms with Gasteiger partial charge in [0.1, 0.15) is 35.1 Å². The number of benzene rings is 2. The third-order valence-electron chi connectivity index (χ3n) is 13.6. The van der Waals surface area contributed by atoms with Crippen molar-refractivity contribution in [2.24, 2.45) is 22.7 Å². The molecule has 60 heavy (non-hydrogen) atoms. The van der Waals surface area contributed by atoms with Gasteiger partial charge in [-0.05, 0) is 82.7 Å². The Hall–Kier alpha value is -4.63. The van der Waals surface area contributed by atoms with Crippen molar-refractivity contribution < 1.29 is 62.6 Å². The molecule has 0 heterocycles. The number of methoxy groups -OCH3 is 2. The van der Waals surface area contributed by atoms with Crippen molar-refractivity contribution in [1.82, 2.24) is 5.32 Å². The maximum Gasteiger partial charge on any atom is 0.408 e. The summed E-state index contributed by atoms with van der Waals surface area (Å²) in [6, 6.07) is 15.2. The van der Waals surface area contributed by atoms with Crippen molar-refractivity contribution in [3.63, 3.8) is 0 Å². The molecule has 3 fully saturated rings. The third-order valence-corrected chi connectivity index (χ3v) is 13.6. The Bertz CT molecular complexity index is 2010. The van der Waals surface area contributed by atoms with Gasteiger partial charge < -0.3 is 44.0 Å². The predicted octanol–water partition coefficient (Wildman–Crippen LogP) is 5.58. The SMILES string of the molecule is CO[C@H]1C(=O)[C@]2(C)[C@@H](OC)C[C@H]3CC[C@@]3(OC(C)=O)[C@H]2[C@H](OC(=O)c2ccccc2)[C@]2(O)C[C@H](OC(=O)[C@H](O)[C@@H](NC(=O)OC(C)(C)C)c3ccccc3)C(C)=C1C2(C)C. The number of ether oxygens (including phenoxy) is 6. The normalized spacial score (nSPS) is 33.0. The largest absolute Gasteiger partial charge is 0.458 e. The lowest BCUT2D eigenvalue weighted by molar-refractivity contribution is -0.298. The molecule has 4 aliphatic rings. The number of Topliss-reactive ketones (excluding diaryl/α,β-unsaturated/α-hetero) is 1. The van der Waals surface area contributed by atoms with Crippen LogP contribution < -0.4 is 5.32 Å². The molecule has 326 valence electrons. The fourth-order valence-corrected chi connectivity index (χ4v) is 10.6. The summed E-state index contributed by atoms with van der Waals surface area (Å²) in [6.45, 7) is 13.1. The molecule has 6 rings (SSSR count). The lowest BCUT2D eigenvalue weighted by Gasteiger charge is -2.68. The zero-order chi connectivity index (χ0) is 44.2. The van der Waals surface area contributed by atoms with Gasteiger partial charge in [-0.25, -0.2) is 14.4 Å². The highest BCUT2D eigenvalue weighted by Gasteiger charge is 2.77. The molecule has 2 bridgehead atoms. The van der Waals surface area contributed by atoms with E-state index in [1.54, 1.807) is 109 Å². The van der Waals surface area contributed by atoms with E-state index in [2.05, 4.69) is 5.32 Å². The molecule has 0 spiro atoms. The second kappa shape index (κ2) is 16.3. The number of amides is 1. The Morgan fingerprint density at radius 1 is 0.917 bits per heavy atom. The maximum atomic E-state index is 15.6. The molecule has 0 unspecified atom stereocenters. The fraction of sp³-hybridized carbons (Fsp3) is 0.587. The Morgan fingerprint density at radius 2 is 1.53 bits per heavy atom. The number of esters is 3. The van der Waals surface area contributed by atoms with Gasteiger partial charge in [0.2, 0.25) is 0 Å². The summed E-state index contributed by atoms with van der Waals surface area (Å²) in [4.78, 5) is 70.3. The molecular weight excluding hydrogens is 774 g/mol. The van der Waals surface area contributed by atoms with E-state index in [9.17, 15) is 29.4 Å². The van der Waals surface area contributed by atoms with Crippen LogP contribution in [0.3, 0.4) is 0 Å². The van der Waals surface area contributed by atoms with Crippen LogP contribution in [0.5, 0.6) is 0 Å². The minimum atomic E-state index is -2.16. The minimum Gasteiger partial charge on any atom is -0.458 e. The Labute approximate surface area is 351 Å². The minimum absolute atomic E-state index is 0.174.